The third-order valence-electron chi connectivity index (χ3n) is 7.25. The number of aryl methyl sites for hydroxylation is 2. The van der Waals surface area contributed by atoms with Gasteiger partial charge in [-0.15, -0.1) is 0 Å². The SMILES string of the molecule is CCC1(Oc2ccc(C)cc2C)C(=O)NC12CCCC(OCNc1cc(Cl)c(OC)c(Cl)c1O)C2. The highest BCUT2D eigenvalue weighted by molar-refractivity contribution is 6.38. The fraction of sp³-hybridized carbons (Fsp3) is 0.500. The quantitative estimate of drug-likeness (QED) is 0.232. The van der Waals surface area contributed by atoms with Crippen molar-refractivity contribution in [2.45, 2.75) is 70.1 Å². The average Bonchev–Trinajstić information content (AvgIpc) is 2.82. The molecule has 2 aromatic rings. The lowest BCUT2D eigenvalue weighted by Crippen LogP contribution is -2.84. The number of anilines is 1. The minimum Gasteiger partial charge on any atom is -0.504 e. The highest BCUT2D eigenvalue weighted by Crippen LogP contribution is 2.49. The molecule has 7 nitrogen and oxygen atoms in total. The number of rotatable bonds is 8. The molecule has 2 aliphatic rings. The number of aromatic hydroxyl groups is 1. The first-order valence-electron chi connectivity index (χ1n) is 11.9. The molecule has 1 saturated carbocycles. The number of carbonyl (C=O) groups excluding carboxylic acids is 1. The van der Waals surface area contributed by atoms with Crippen LogP contribution >= 0.6 is 23.2 Å². The zero-order chi connectivity index (χ0) is 25.4. The lowest BCUT2D eigenvalue weighted by molar-refractivity contribution is -0.181. The van der Waals surface area contributed by atoms with Crippen LogP contribution in [0.2, 0.25) is 10.0 Å². The van der Waals surface area contributed by atoms with Gasteiger partial charge in [-0.25, -0.2) is 0 Å². The zero-order valence-electron chi connectivity index (χ0n) is 20.5. The molecule has 0 bridgehead atoms. The van der Waals surface area contributed by atoms with Gasteiger partial charge in [0.05, 0.1) is 29.5 Å². The van der Waals surface area contributed by atoms with Crippen molar-refractivity contribution >= 4 is 34.8 Å². The second-order valence-corrected chi connectivity index (χ2v) is 10.2. The van der Waals surface area contributed by atoms with Crippen LogP contribution in [-0.2, 0) is 9.53 Å². The van der Waals surface area contributed by atoms with E-state index >= 15 is 0 Å². The van der Waals surface area contributed by atoms with Gasteiger partial charge in [-0.1, -0.05) is 47.8 Å². The first kappa shape index (κ1) is 25.7. The summed E-state index contributed by atoms with van der Waals surface area (Å²) in [4.78, 5) is 12.9. The highest BCUT2D eigenvalue weighted by Gasteiger charge is 2.68. The summed E-state index contributed by atoms with van der Waals surface area (Å²) in [6.07, 6.45) is 3.68. The van der Waals surface area contributed by atoms with Gasteiger partial charge in [0.25, 0.3) is 5.91 Å². The number of ether oxygens (including phenoxy) is 3. The van der Waals surface area contributed by atoms with Crippen LogP contribution in [0.4, 0.5) is 5.69 Å². The molecule has 1 aliphatic carbocycles. The van der Waals surface area contributed by atoms with E-state index in [-0.39, 0.29) is 40.3 Å². The van der Waals surface area contributed by atoms with E-state index in [0.717, 1.165) is 36.1 Å². The molecule has 1 heterocycles. The highest BCUT2D eigenvalue weighted by atomic mass is 35.5. The number of phenols is 1. The van der Waals surface area contributed by atoms with Crippen molar-refractivity contribution in [2.24, 2.45) is 0 Å². The number of hydrogen-bond acceptors (Lipinski definition) is 6. The number of benzene rings is 2. The Hall–Kier alpha value is -2.35. The number of β-lactam (4-membered cyclic amide) rings is 1. The van der Waals surface area contributed by atoms with E-state index in [1.54, 1.807) is 6.07 Å². The Kier molecular flexibility index (Phi) is 7.32. The molecule has 3 atom stereocenters. The number of amides is 1. The molecule has 35 heavy (non-hydrogen) atoms. The minimum atomic E-state index is -0.933. The summed E-state index contributed by atoms with van der Waals surface area (Å²) in [5, 5.41) is 16.9. The van der Waals surface area contributed by atoms with E-state index in [1.807, 2.05) is 32.9 Å². The van der Waals surface area contributed by atoms with Crippen molar-refractivity contribution < 1.29 is 24.1 Å². The number of carbonyl (C=O) groups is 1. The van der Waals surface area contributed by atoms with E-state index in [4.69, 9.17) is 37.4 Å². The molecule has 3 N–H and O–H groups in total. The number of halogens is 2. The molecule has 2 fully saturated rings. The van der Waals surface area contributed by atoms with Gasteiger partial charge in [0.1, 0.15) is 17.5 Å². The molecular formula is C26H32Cl2N2O5. The molecule has 1 spiro atoms. The van der Waals surface area contributed by atoms with Crippen molar-refractivity contribution in [1.29, 1.82) is 0 Å². The van der Waals surface area contributed by atoms with Crippen molar-refractivity contribution in [3.05, 3.63) is 45.4 Å². The fourth-order valence-electron chi connectivity index (χ4n) is 5.39. The van der Waals surface area contributed by atoms with E-state index < -0.39 is 11.1 Å². The summed E-state index contributed by atoms with van der Waals surface area (Å²) in [6.45, 7) is 6.17. The normalized spacial score (nSPS) is 25.7. The summed E-state index contributed by atoms with van der Waals surface area (Å²) >= 11 is 12.3. The Labute approximate surface area is 216 Å². The summed E-state index contributed by atoms with van der Waals surface area (Å²) in [7, 11) is 1.43. The lowest BCUT2D eigenvalue weighted by Gasteiger charge is -2.60. The van der Waals surface area contributed by atoms with Crippen LogP contribution in [0.25, 0.3) is 0 Å². The summed E-state index contributed by atoms with van der Waals surface area (Å²) in [5.41, 5.74) is 1.09. The minimum absolute atomic E-state index is 0.0348. The van der Waals surface area contributed by atoms with Crippen LogP contribution in [0.5, 0.6) is 17.2 Å². The van der Waals surface area contributed by atoms with Gasteiger partial charge in [0, 0.05) is 6.42 Å². The van der Waals surface area contributed by atoms with Crippen molar-refractivity contribution in [1.82, 2.24) is 5.32 Å². The smallest absolute Gasteiger partial charge is 0.267 e. The maximum atomic E-state index is 12.9. The summed E-state index contributed by atoms with van der Waals surface area (Å²) in [6, 6.07) is 7.55. The lowest BCUT2D eigenvalue weighted by atomic mass is 9.61. The molecule has 190 valence electrons. The van der Waals surface area contributed by atoms with Crippen molar-refractivity contribution in [3.63, 3.8) is 0 Å². The Morgan fingerprint density at radius 2 is 2.03 bits per heavy atom. The molecule has 4 rings (SSSR count). The number of phenolic OH excluding ortho intramolecular Hbond substituents is 1. The third-order valence-corrected chi connectivity index (χ3v) is 7.88. The maximum absolute atomic E-state index is 12.9. The molecule has 9 heteroatoms. The van der Waals surface area contributed by atoms with Gasteiger partial charge in [-0.2, -0.15) is 0 Å². The monoisotopic (exact) mass is 522 g/mol. The Bertz CT molecular complexity index is 1130. The average molecular weight is 523 g/mol. The number of methoxy groups -OCH3 is 1. The van der Waals surface area contributed by atoms with Crippen LogP contribution in [0.15, 0.2) is 24.3 Å². The molecular weight excluding hydrogens is 491 g/mol. The van der Waals surface area contributed by atoms with E-state index in [9.17, 15) is 9.90 Å². The van der Waals surface area contributed by atoms with Gasteiger partial charge < -0.3 is 30.0 Å². The second-order valence-electron chi connectivity index (χ2n) is 9.40. The van der Waals surface area contributed by atoms with Gasteiger partial charge >= 0.3 is 0 Å². The van der Waals surface area contributed by atoms with E-state index in [0.29, 0.717) is 18.5 Å². The Morgan fingerprint density at radius 1 is 1.26 bits per heavy atom. The predicted molar refractivity (Wildman–Crippen MR) is 137 cm³/mol. The largest absolute Gasteiger partial charge is 0.504 e. The standard InChI is InChI=1S/C26H32Cl2N2O5/c1-5-26(35-20-9-8-15(2)11-16(20)3)24(32)30-25(26)10-6-7-17(13-25)34-14-29-19-12-18(27)23(33-4)21(28)22(19)31/h8-9,11-12,17,29,31H,5-7,10,13-14H2,1-4H3,(H,30,32). The first-order chi connectivity index (χ1) is 16.7. The molecule has 2 aromatic carbocycles. The topological polar surface area (TPSA) is 89.1 Å². The van der Waals surface area contributed by atoms with Crippen molar-refractivity contribution in [3.8, 4) is 17.2 Å². The second kappa shape index (κ2) is 9.96. The van der Waals surface area contributed by atoms with Gasteiger partial charge in [-0.05, 0) is 57.2 Å². The van der Waals surface area contributed by atoms with Crippen LogP contribution in [0.3, 0.4) is 0 Å². The van der Waals surface area contributed by atoms with Crippen molar-refractivity contribution in [2.75, 3.05) is 19.2 Å². The van der Waals surface area contributed by atoms with Crippen LogP contribution < -0.4 is 20.1 Å². The molecule has 0 aromatic heterocycles. The third kappa shape index (κ3) is 4.50. The molecule has 1 aliphatic heterocycles. The maximum Gasteiger partial charge on any atom is 0.267 e. The predicted octanol–water partition coefficient (Wildman–Crippen LogP) is 5.75. The Balaban J connectivity index is 1.45. The molecule has 1 amide bonds. The zero-order valence-corrected chi connectivity index (χ0v) is 22.0. The summed E-state index contributed by atoms with van der Waals surface area (Å²) in [5.74, 6) is 0.716. The van der Waals surface area contributed by atoms with Crippen LogP contribution in [0.1, 0.15) is 50.2 Å². The summed E-state index contributed by atoms with van der Waals surface area (Å²) < 4.78 is 17.8. The van der Waals surface area contributed by atoms with Crippen LogP contribution in [0, 0.1) is 13.8 Å². The number of hydrogen-bond donors (Lipinski definition) is 3. The molecule has 0 radical (unpaired) electrons. The fourth-order valence-corrected chi connectivity index (χ4v) is 6.00. The molecule has 1 saturated heterocycles. The first-order valence-corrected chi connectivity index (χ1v) is 12.6. The molecule has 3 unspecified atom stereocenters. The Morgan fingerprint density at radius 3 is 2.69 bits per heavy atom. The van der Waals surface area contributed by atoms with Gasteiger partial charge in [-0.3, -0.25) is 4.79 Å². The van der Waals surface area contributed by atoms with E-state index in [1.165, 1.54) is 7.11 Å². The van der Waals surface area contributed by atoms with E-state index in [2.05, 4.69) is 16.7 Å². The van der Waals surface area contributed by atoms with Gasteiger partial charge in [0.15, 0.2) is 11.5 Å². The van der Waals surface area contributed by atoms with Gasteiger partial charge in [0.2, 0.25) is 5.60 Å². The number of nitrogens with one attached hydrogen (secondary N) is 2. The van der Waals surface area contributed by atoms with Crippen LogP contribution in [-0.4, -0.2) is 42.1 Å².